The predicted molar refractivity (Wildman–Crippen MR) is 175 cm³/mol. The number of aromatic nitrogens is 2. The van der Waals surface area contributed by atoms with Crippen LogP contribution in [-0.4, -0.2) is 62.2 Å². The lowest BCUT2D eigenvalue weighted by Gasteiger charge is -2.43. The molecule has 2 aromatic carbocycles. The number of amides is 2. The zero-order chi connectivity index (χ0) is 33.2. The molecule has 1 saturated heterocycles. The monoisotopic (exact) mass is 618 g/mol. The van der Waals surface area contributed by atoms with E-state index >= 15 is 0 Å². The Hall–Kier alpha value is -3.88. The van der Waals surface area contributed by atoms with E-state index in [1.165, 1.54) is 11.3 Å². The highest BCUT2D eigenvalue weighted by Crippen LogP contribution is 2.45. The summed E-state index contributed by atoms with van der Waals surface area (Å²) in [7, 11) is 0. The van der Waals surface area contributed by atoms with Crippen molar-refractivity contribution < 1.29 is 24.2 Å². The average molecular weight is 619 g/mol. The van der Waals surface area contributed by atoms with Gasteiger partial charge in [0.05, 0.1) is 17.8 Å². The van der Waals surface area contributed by atoms with Crippen molar-refractivity contribution in [1.82, 2.24) is 20.0 Å². The van der Waals surface area contributed by atoms with E-state index in [0.717, 1.165) is 27.6 Å². The molecule has 2 atom stereocenters. The maximum atomic E-state index is 13.6. The van der Waals surface area contributed by atoms with Crippen LogP contribution in [0.25, 0.3) is 10.9 Å². The number of carbonyl (C=O) groups excluding carboxylic acids is 2. The molecule has 244 valence electrons. The molecule has 2 amide bonds. The van der Waals surface area contributed by atoms with E-state index in [2.05, 4.69) is 65.6 Å². The molecule has 1 fully saturated rings. The SMILES string of the molecule is CC(C)(C)CC(C)(C)C(C)(C)C.O=C(OCc1ccccc1)[C@@H]1Cc2ccc3[nH]ncc3c2CN(C2CCN(C(=O)O)C2)C1=O. The van der Waals surface area contributed by atoms with E-state index < -0.39 is 18.0 Å². The standard InChI is InChI=1S/C24H24N4O5.C12H26/c29-22-18(23(30)33-14-15-4-2-1-3-5-15)10-16-6-7-21-19(11-25-26-21)20(16)13-28(22)17-8-9-27(12-17)24(31)32;1-10(2,3)9-12(7,8)11(4,5)6/h1-7,11,17-18H,8-10,12-14H2,(H,25,26)(H,31,32);9H2,1-8H3/t17?,18-;/m1./s1. The molecule has 0 saturated carbocycles. The number of carboxylic acid groups (broad SMARTS) is 1. The molecule has 2 aliphatic rings. The molecule has 0 aliphatic carbocycles. The summed E-state index contributed by atoms with van der Waals surface area (Å²) in [5, 5.41) is 17.4. The van der Waals surface area contributed by atoms with Gasteiger partial charge in [0, 0.05) is 25.0 Å². The number of rotatable bonds is 5. The highest BCUT2D eigenvalue weighted by atomic mass is 16.5. The number of ether oxygens (including phenoxy) is 1. The minimum atomic E-state index is -1.00. The van der Waals surface area contributed by atoms with Crippen molar-refractivity contribution in [2.24, 2.45) is 22.2 Å². The summed E-state index contributed by atoms with van der Waals surface area (Å²) in [6.07, 6.45) is 2.76. The van der Waals surface area contributed by atoms with Gasteiger partial charge in [0.15, 0.2) is 0 Å². The number of nitrogens with one attached hydrogen (secondary N) is 1. The number of likely N-dealkylation sites (tertiary alicyclic amines) is 1. The highest BCUT2D eigenvalue weighted by Gasteiger charge is 2.41. The van der Waals surface area contributed by atoms with Crippen LogP contribution in [0.1, 0.15) is 84.9 Å². The van der Waals surface area contributed by atoms with Crippen molar-refractivity contribution >= 4 is 28.9 Å². The fraction of sp³-hybridized carbons (Fsp3) is 0.556. The first-order valence-electron chi connectivity index (χ1n) is 15.9. The second kappa shape index (κ2) is 13.2. The molecule has 9 heteroatoms. The lowest BCUT2D eigenvalue weighted by atomic mass is 9.63. The first kappa shape index (κ1) is 34.0. The normalized spacial score (nSPS) is 19.1. The largest absolute Gasteiger partial charge is 0.465 e. The van der Waals surface area contributed by atoms with Crippen LogP contribution < -0.4 is 0 Å². The second-order valence-corrected chi connectivity index (χ2v) is 15.4. The molecular formula is C36H50N4O5. The third-order valence-electron chi connectivity index (χ3n) is 9.55. The molecule has 3 aromatic rings. The third kappa shape index (κ3) is 8.24. The van der Waals surface area contributed by atoms with Gasteiger partial charge in [-0.2, -0.15) is 5.10 Å². The lowest BCUT2D eigenvalue weighted by molar-refractivity contribution is -0.157. The summed E-state index contributed by atoms with van der Waals surface area (Å²) in [6.45, 7) is 19.7. The van der Waals surface area contributed by atoms with Crippen LogP contribution in [0.15, 0.2) is 48.7 Å². The number of H-pyrrole nitrogens is 1. The summed E-state index contributed by atoms with van der Waals surface area (Å²) in [5.41, 5.74) is 4.79. The summed E-state index contributed by atoms with van der Waals surface area (Å²) < 4.78 is 5.54. The van der Waals surface area contributed by atoms with Gasteiger partial charge in [-0.15, -0.1) is 0 Å². The Balaban J connectivity index is 0.000000328. The summed E-state index contributed by atoms with van der Waals surface area (Å²) >= 11 is 0. The maximum absolute atomic E-state index is 13.6. The van der Waals surface area contributed by atoms with Crippen LogP contribution in [0.3, 0.4) is 0 Å². The second-order valence-electron chi connectivity index (χ2n) is 15.4. The summed E-state index contributed by atoms with van der Waals surface area (Å²) in [4.78, 5) is 41.2. The van der Waals surface area contributed by atoms with Crippen molar-refractivity contribution in [2.45, 2.75) is 93.8 Å². The molecular weight excluding hydrogens is 568 g/mol. The molecule has 0 radical (unpaired) electrons. The van der Waals surface area contributed by atoms with Crippen LogP contribution in [-0.2, 0) is 33.9 Å². The van der Waals surface area contributed by atoms with E-state index in [4.69, 9.17) is 4.74 Å². The fourth-order valence-corrected chi connectivity index (χ4v) is 6.34. The summed E-state index contributed by atoms with van der Waals surface area (Å²) in [6, 6.07) is 12.8. The zero-order valence-corrected chi connectivity index (χ0v) is 28.1. The molecule has 1 aromatic heterocycles. The Morgan fingerprint density at radius 1 is 1.02 bits per heavy atom. The first-order chi connectivity index (χ1) is 21.0. The molecule has 1 unspecified atom stereocenters. The van der Waals surface area contributed by atoms with Gasteiger partial charge in [-0.1, -0.05) is 91.8 Å². The lowest BCUT2D eigenvalue weighted by Crippen LogP contribution is -2.46. The molecule has 5 rings (SSSR count). The smallest absolute Gasteiger partial charge is 0.407 e. The number of esters is 1. The van der Waals surface area contributed by atoms with E-state index in [0.29, 0.717) is 35.8 Å². The van der Waals surface area contributed by atoms with Gasteiger partial charge in [0.1, 0.15) is 12.5 Å². The molecule has 9 nitrogen and oxygen atoms in total. The van der Waals surface area contributed by atoms with Gasteiger partial charge < -0.3 is 19.6 Å². The maximum Gasteiger partial charge on any atom is 0.407 e. The molecule has 2 aliphatic heterocycles. The number of fused-ring (bicyclic) bond motifs is 3. The summed E-state index contributed by atoms with van der Waals surface area (Å²) in [5.74, 6) is -1.88. The Morgan fingerprint density at radius 3 is 2.29 bits per heavy atom. The van der Waals surface area contributed by atoms with Crippen LogP contribution in [0.2, 0.25) is 0 Å². The Labute approximate surface area is 267 Å². The Bertz CT molecular complexity index is 1500. The van der Waals surface area contributed by atoms with Crippen LogP contribution >= 0.6 is 0 Å². The van der Waals surface area contributed by atoms with Crippen molar-refractivity contribution in [3.05, 3.63) is 65.4 Å². The fourth-order valence-electron chi connectivity index (χ4n) is 6.34. The Morgan fingerprint density at radius 2 is 1.71 bits per heavy atom. The van der Waals surface area contributed by atoms with Crippen LogP contribution in [0, 0.1) is 22.2 Å². The first-order valence-corrected chi connectivity index (χ1v) is 15.9. The molecule has 3 heterocycles. The third-order valence-corrected chi connectivity index (χ3v) is 9.55. The van der Waals surface area contributed by atoms with Gasteiger partial charge in [-0.25, -0.2) is 4.79 Å². The number of aromatic amines is 1. The van der Waals surface area contributed by atoms with E-state index in [1.54, 1.807) is 11.1 Å². The van der Waals surface area contributed by atoms with Crippen molar-refractivity contribution in [1.29, 1.82) is 0 Å². The number of benzene rings is 2. The quantitative estimate of drug-likeness (QED) is 0.234. The van der Waals surface area contributed by atoms with Crippen LogP contribution in [0.4, 0.5) is 4.79 Å². The molecule has 0 bridgehead atoms. The van der Waals surface area contributed by atoms with Gasteiger partial charge >= 0.3 is 12.1 Å². The van der Waals surface area contributed by atoms with Gasteiger partial charge in [-0.05, 0) is 58.3 Å². The molecule has 2 N–H and O–H groups in total. The van der Waals surface area contributed by atoms with Crippen LogP contribution in [0.5, 0.6) is 0 Å². The van der Waals surface area contributed by atoms with Crippen molar-refractivity contribution in [3.8, 4) is 0 Å². The number of hydrogen-bond donors (Lipinski definition) is 2. The Kier molecular flexibility index (Phi) is 10.00. The predicted octanol–water partition coefficient (Wildman–Crippen LogP) is 7.05. The molecule has 0 spiro atoms. The number of nitrogens with zero attached hydrogens (tertiary/aromatic N) is 3. The van der Waals surface area contributed by atoms with Gasteiger partial charge in [0.2, 0.25) is 5.91 Å². The molecule has 45 heavy (non-hydrogen) atoms. The number of hydrogen-bond acceptors (Lipinski definition) is 5. The highest BCUT2D eigenvalue weighted by molar-refractivity contribution is 5.99. The topological polar surface area (TPSA) is 116 Å². The van der Waals surface area contributed by atoms with E-state index in [9.17, 15) is 19.5 Å². The van der Waals surface area contributed by atoms with E-state index in [1.807, 2.05) is 42.5 Å². The minimum absolute atomic E-state index is 0.0906. The average Bonchev–Trinajstić information content (AvgIpc) is 3.60. The van der Waals surface area contributed by atoms with Gasteiger partial charge in [-0.3, -0.25) is 14.7 Å². The van der Waals surface area contributed by atoms with Crippen molar-refractivity contribution in [2.75, 3.05) is 13.1 Å². The minimum Gasteiger partial charge on any atom is -0.465 e. The number of carbonyl (C=O) groups is 3. The van der Waals surface area contributed by atoms with E-state index in [-0.39, 0.29) is 31.5 Å². The van der Waals surface area contributed by atoms with Gasteiger partial charge in [0.25, 0.3) is 0 Å². The zero-order valence-electron chi connectivity index (χ0n) is 28.1. The van der Waals surface area contributed by atoms with Crippen molar-refractivity contribution in [3.63, 3.8) is 0 Å².